The SMILES string of the molecule is O=C(CCc1ccc(Cl)c(Cl)c1)NCCOCCN1C(=O)CCC1=O. The Labute approximate surface area is 156 Å². The highest BCUT2D eigenvalue weighted by Crippen LogP contribution is 2.23. The molecule has 1 aliphatic heterocycles. The summed E-state index contributed by atoms with van der Waals surface area (Å²) in [5.41, 5.74) is 0.945. The third-order valence-electron chi connectivity index (χ3n) is 3.81. The number of benzene rings is 1. The van der Waals surface area contributed by atoms with Crippen LogP contribution >= 0.6 is 23.2 Å². The smallest absolute Gasteiger partial charge is 0.229 e. The number of carbonyl (C=O) groups excluding carboxylic acids is 3. The van der Waals surface area contributed by atoms with Gasteiger partial charge in [-0.05, 0) is 24.1 Å². The maximum absolute atomic E-state index is 11.8. The van der Waals surface area contributed by atoms with E-state index in [0.29, 0.717) is 36.0 Å². The minimum Gasteiger partial charge on any atom is -0.378 e. The summed E-state index contributed by atoms with van der Waals surface area (Å²) in [4.78, 5) is 35.8. The van der Waals surface area contributed by atoms with Gasteiger partial charge in [-0.1, -0.05) is 29.3 Å². The van der Waals surface area contributed by atoms with Crippen molar-refractivity contribution in [2.45, 2.75) is 25.7 Å². The fourth-order valence-corrected chi connectivity index (χ4v) is 2.75. The predicted molar refractivity (Wildman–Crippen MR) is 94.6 cm³/mol. The van der Waals surface area contributed by atoms with Crippen LogP contribution in [0.25, 0.3) is 0 Å². The van der Waals surface area contributed by atoms with Crippen LogP contribution in [-0.4, -0.2) is 48.9 Å². The van der Waals surface area contributed by atoms with E-state index in [1.165, 1.54) is 4.90 Å². The van der Waals surface area contributed by atoms with Crippen molar-refractivity contribution in [1.29, 1.82) is 0 Å². The average Bonchev–Trinajstić information content (AvgIpc) is 2.90. The second-order valence-corrected chi connectivity index (χ2v) is 6.46. The number of rotatable bonds is 9. The van der Waals surface area contributed by atoms with Gasteiger partial charge in [0.15, 0.2) is 0 Å². The first-order valence-electron chi connectivity index (χ1n) is 8.09. The molecule has 0 aromatic heterocycles. The number of nitrogens with one attached hydrogen (secondary N) is 1. The number of hydrogen-bond donors (Lipinski definition) is 1. The third kappa shape index (κ3) is 6.30. The van der Waals surface area contributed by atoms with Crippen molar-refractivity contribution < 1.29 is 19.1 Å². The first-order valence-corrected chi connectivity index (χ1v) is 8.84. The molecular weight excluding hydrogens is 367 g/mol. The van der Waals surface area contributed by atoms with E-state index in [1.807, 2.05) is 6.07 Å². The lowest BCUT2D eigenvalue weighted by Crippen LogP contribution is -2.33. The predicted octanol–water partition coefficient (Wildman–Crippen LogP) is 2.21. The van der Waals surface area contributed by atoms with Gasteiger partial charge in [0.05, 0.1) is 29.8 Å². The molecule has 1 aromatic carbocycles. The number of ether oxygens (including phenoxy) is 1. The number of hydrogen-bond acceptors (Lipinski definition) is 4. The lowest BCUT2D eigenvalue weighted by Gasteiger charge is -2.13. The van der Waals surface area contributed by atoms with Gasteiger partial charge in [-0.2, -0.15) is 0 Å². The maximum atomic E-state index is 11.8. The van der Waals surface area contributed by atoms with Crippen LogP contribution < -0.4 is 5.32 Å². The van der Waals surface area contributed by atoms with Gasteiger partial charge in [0, 0.05) is 25.8 Å². The zero-order chi connectivity index (χ0) is 18.2. The van der Waals surface area contributed by atoms with E-state index < -0.39 is 0 Å². The zero-order valence-electron chi connectivity index (χ0n) is 13.7. The van der Waals surface area contributed by atoms with Gasteiger partial charge in [0.1, 0.15) is 0 Å². The van der Waals surface area contributed by atoms with Gasteiger partial charge in [-0.25, -0.2) is 0 Å². The Morgan fingerprint density at radius 1 is 1.12 bits per heavy atom. The summed E-state index contributed by atoms with van der Waals surface area (Å²) in [6.07, 6.45) is 1.49. The van der Waals surface area contributed by atoms with Crippen LogP contribution in [0.5, 0.6) is 0 Å². The fraction of sp³-hybridized carbons (Fsp3) is 0.471. The van der Waals surface area contributed by atoms with Crippen LogP contribution in [0.3, 0.4) is 0 Å². The third-order valence-corrected chi connectivity index (χ3v) is 4.55. The summed E-state index contributed by atoms with van der Waals surface area (Å²) < 4.78 is 5.34. The van der Waals surface area contributed by atoms with Crippen molar-refractivity contribution in [3.8, 4) is 0 Å². The molecule has 8 heteroatoms. The molecule has 6 nitrogen and oxygen atoms in total. The van der Waals surface area contributed by atoms with Crippen LogP contribution in [0.2, 0.25) is 10.0 Å². The summed E-state index contributed by atoms with van der Waals surface area (Å²) in [6.45, 7) is 1.25. The molecule has 1 saturated heterocycles. The highest BCUT2D eigenvalue weighted by Gasteiger charge is 2.28. The van der Waals surface area contributed by atoms with Gasteiger partial charge in [0.25, 0.3) is 0 Å². The molecule has 0 spiro atoms. The second kappa shape index (κ2) is 9.75. The Kier molecular flexibility index (Phi) is 7.68. The number of nitrogens with zero attached hydrogens (tertiary/aromatic N) is 1. The molecule has 1 aromatic rings. The summed E-state index contributed by atoms with van der Waals surface area (Å²) in [5.74, 6) is -0.381. The number of aryl methyl sites for hydroxylation is 1. The number of halogens is 2. The van der Waals surface area contributed by atoms with Gasteiger partial charge >= 0.3 is 0 Å². The molecule has 3 amide bonds. The summed E-state index contributed by atoms with van der Waals surface area (Å²) in [7, 11) is 0. The van der Waals surface area contributed by atoms with Crippen LogP contribution in [-0.2, 0) is 25.5 Å². The van der Waals surface area contributed by atoms with Crippen LogP contribution in [0.1, 0.15) is 24.8 Å². The van der Waals surface area contributed by atoms with Crippen molar-refractivity contribution in [3.63, 3.8) is 0 Å². The quantitative estimate of drug-likeness (QED) is 0.521. The molecule has 136 valence electrons. The fourth-order valence-electron chi connectivity index (χ4n) is 2.43. The minimum atomic E-state index is -0.149. The first kappa shape index (κ1) is 19.7. The molecule has 25 heavy (non-hydrogen) atoms. The zero-order valence-corrected chi connectivity index (χ0v) is 15.2. The Hall–Kier alpha value is -1.63. The van der Waals surface area contributed by atoms with E-state index in [9.17, 15) is 14.4 Å². The van der Waals surface area contributed by atoms with Crippen LogP contribution in [0, 0.1) is 0 Å². The molecule has 0 aliphatic carbocycles. The number of carbonyl (C=O) groups is 3. The van der Waals surface area contributed by atoms with Crippen molar-refractivity contribution in [2.24, 2.45) is 0 Å². The monoisotopic (exact) mass is 386 g/mol. The largest absolute Gasteiger partial charge is 0.378 e. The van der Waals surface area contributed by atoms with Crippen LogP contribution in [0.15, 0.2) is 18.2 Å². The molecule has 1 N–H and O–H groups in total. The van der Waals surface area contributed by atoms with Crippen molar-refractivity contribution >= 4 is 40.9 Å². The maximum Gasteiger partial charge on any atom is 0.229 e. The van der Waals surface area contributed by atoms with Crippen molar-refractivity contribution in [3.05, 3.63) is 33.8 Å². The second-order valence-electron chi connectivity index (χ2n) is 5.65. The van der Waals surface area contributed by atoms with E-state index in [2.05, 4.69) is 5.32 Å². The van der Waals surface area contributed by atoms with Gasteiger partial charge < -0.3 is 10.1 Å². The van der Waals surface area contributed by atoms with Crippen LogP contribution in [0.4, 0.5) is 0 Å². The average molecular weight is 387 g/mol. The topological polar surface area (TPSA) is 75.7 Å². The molecule has 1 fully saturated rings. The van der Waals surface area contributed by atoms with E-state index in [0.717, 1.165) is 5.56 Å². The van der Waals surface area contributed by atoms with E-state index >= 15 is 0 Å². The number of likely N-dealkylation sites (tertiary alicyclic amines) is 1. The molecular formula is C17H20Cl2N2O4. The van der Waals surface area contributed by atoms with Gasteiger partial charge in [0.2, 0.25) is 17.7 Å². The Balaban J connectivity index is 1.54. The lowest BCUT2D eigenvalue weighted by molar-refractivity contribution is -0.139. The molecule has 2 rings (SSSR count). The van der Waals surface area contributed by atoms with Gasteiger partial charge in [-0.15, -0.1) is 0 Å². The van der Waals surface area contributed by atoms with E-state index in [4.69, 9.17) is 27.9 Å². The van der Waals surface area contributed by atoms with E-state index in [1.54, 1.807) is 12.1 Å². The first-order chi connectivity index (χ1) is 12.0. The molecule has 0 atom stereocenters. The highest BCUT2D eigenvalue weighted by atomic mass is 35.5. The summed E-state index contributed by atoms with van der Waals surface area (Å²) >= 11 is 11.8. The Morgan fingerprint density at radius 3 is 2.52 bits per heavy atom. The van der Waals surface area contributed by atoms with Crippen molar-refractivity contribution in [1.82, 2.24) is 10.2 Å². The lowest BCUT2D eigenvalue weighted by atomic mass is 10.1. The Bertz CT molecular complexity index is 636. The van der Waals surface area contributed by atoms with Gasteiger partial charge in [-0.3, -0.25) is 19.3 Å². The molecule has 1 aliphatic rings. The molecule has 0 saturated carbocycles. The standard InChI is InChI=1S/C17H20Cl2N2O4/c18-13-3-1-12(11-14(13)19)2-4-15(22)20-7-9-25-10-8-21-16(23)5-6-17(21)24/h1,3,11H,2,4-10H2,(H,20,22). The molecule has 1 heterocycles. The minimum absolute atomic E-state index is 0.0837. The number of amides is 3. The molecule has 0 bridgehead atoms. The molecule has 0 radical (unpaired) electrons. The van der Waals surface area contributed by atoms with E-state index in [-0.39, 0.29) is 43.7 Å². The van der Waals surface area contributed by atoms with Crippen molar-refractivity contribution in [2.75, 3.05) is 26.3 Å². The summed E-state index contributed by atoms with van der Waals surface area (Å²) in [5, 5.41) is 3.72. The normalized spacial score (nSPS) is 14.2. The molecule has 0 unspecified atom stereocenters. The number of imide groups is 1. The summed E-state index contributed by atoms with van der Waals surface area (Å²) in [6, 6.07) is 5.30. The Morgan fingerprint density at radius 2 is 1.84 bits per heavy atom. The highest BCUT2D eigenvalue weighted by molar-refractivity contribution is 6.42.